The van der Waals surface area contributed by atoms with Gasteiger partial charge in [0.1, 0.15) is 5.58 Å². The fourth-order valence-electron chi connectivity index (χ4n) is 2.28. The molecular formula is C17H12O4. The summed E-state index contributed by atoms with van der Waals surface area (Å²) in [5.41, 5.74) is 0.686. The Bertz CT molecular complexity index is 919. The number of ether oxygens (including phenoxy) is 1. The molecule has 0 atom stereocenters. The third kappa shape index (κ3) is 2.43. The van der Waals surface area contributed by atoms with Crippen LogP contribution in [0.25, 0.3) is 27.8 Å². The van der Waals surface area contributed by atoms with Gasteiger partial charge in [-0.05, 0) is 23.1 Å². The first-order valence-corrected chi connectivity index (χ1v) is 6.40. The molecule has 0 saturated heterocycles. The summed E-state index contributed by atoms with van der Waals surface area (Å²) < 4.78 is 9.90. The highest BCUT2D eigenvalue weighted by molar-refractivity contribution is 6.06. The van der Waals surface area contributed by atoms with Gasteiger partial charge < -0.3 is 9.15 Å². The summed E-state index contributed by atoms with van der Waals surface area (Å²) in [7, 11) is 1.30. The minimum atomic E-state index is -0.475. The molecule has 3 aromatic rings. The minimum Gasteiger partial charge on any atom is -0.466 e. The van der Waals surface area contributed by atoms with Gasteiger partial charge in [0.05, 0.1) is 7.11 Å². The van der Waals surface area contributed by atoms with Crippen molar-refractivity contribution in [2.45, 2.75) is 0 Å². The van der Waals surface area contributed by atoms with E-state index in [2.05, 4.69) is 4.74 Å². The van der Waals surface area contributed by atoms with Crippen molar-refractivity contribution in [2.24, 2.45) is 0 Å². The van der Waals surface area contributed by atoms with E-state index in [1.165, 1.54) is 19.3 Å². The summed E-state index contributed by atoms with van der Waals surface area (Å²) in [6, 6.07) is 12.8. The molecule has 3 rings (SSSR count). The molecule has 0 radical (unpaired) electrons. The highest BCUT2D eigenvalue weighted by Crippen LogP contribution is 2.26. The van der Waals surface area contributed by atoms with Crippen LogP contribution in [0.5, 0.6) is 0 Å². The number of esters is 1. The first-order chi connectivity index (χ1) is 10.2. The van der Waals surface area contributed by atoms with Crippen molar-refractivity contribution in [1.82, 2.24) is 0 Å². The van der Waals surface area contributed by atoms with Gasteiger partial charge in [-0.15, -0.1) is 0 Å². The topological polar surface area (TPSA) is 56.5 Å². The quantitative estimate of drug-likeness (QED) is 0.313. The average molecular weight is 280 g/mol. The monoisotopic (exact) mass is 280 g/mol. The zero-order valence-electron chi connectivity index (χ0n) is 11.3. The van der Waals surface area contributed by atoms with Crippen molar-refractivity contribution in [3.05, 3.63) is 64.5 Å². The maximum atomic E-state index is 11.7. The molecule has 0 aliphatic rings. The van der Waals surface area contributed by atoms with Crippen LogP contribution in [0.3, 0.4) is 0 Å². The van der Waals surface area contributed by atoms with E-state index in [0.717, 1.165) is 16.2 Å². The number of fused-ring (bicyclic) bond motifs is 3. The van der Waals surface area contributed by atoms with Crippen molar-refractivity contribution in [1.29, 1.82) is 0 Å². The highest BCUT2D eigenvalue weighted by Gasteiger charge is 2.07. The van der Waals surface area contributed by atoms with Crippen molar-refractivity contribution < 1.29 is 13.9 Å². The molecule has 21 heavy (non-hydrogen) atoms. The first-order valence-electron chi connectivity index (χ1n) is 6.40. The Morgan fingerprint density at radius 1 is 1.14 bits per heavy atom. The Hall–Kier alpha value is -2.88. The van der Waals surface area contributed by atoms with E-state index >= 15 is 0 Å². The molecule has 0 saturated carbocycles. The Balaban J connectivity index is 2.31. The maximum Gasteiger partial charge on any atom is 0.336 e. The number of carbonyl (C=O) groups excluding carboxylic acids is 1. The van der Waals surface area contributed by atoms with Gasteiger partial charge in [0.25, 0.3) is 0 Å². The van der Waals surface area contributed by atoms with Crippen LogP contribution in [0.1, 0.15) is 5.56 Å². The Morgan fingerprint density at radius 3 is 2.76 bits per heavy atom. The minimum absolute atomic E-state index is 0.455. The second-order valence-corrected chi connectivity index (χ2v) is 4.54. The van der Waals surface area contributed by atoms with E-state index in [1.54, 1.807) is 6.08 Å². The lowest BCUT2D eigenvalue weighted by Crippen LogP contribution is -1.99. The molecule has 0 N–H and O–H groups in total. The van der Waals surface area contributed by atoms with Gasteiger partial charge in [-0.25, -0.2) is 9.59 Å². The molecule has 1 aromatic heterocycles. The van der Waals surface area contributed by atoms with Crippen molar-refractivity contribution in [3.63, 3.8) is 0 Å². The van der Waals surface area contributed by atoms with Crippen LogP contribution in [0.2, 0.25) is 0 Å². The van der Waals surface area contributed by atoms with Crippen molar-refractivity contribution >= 4 is 33.8 Å². The van der Waals surface area contributed by atoms with Gasteiger partial charge >= 0.3 is 11.6 Å². The number of benzene rings is 2. The normalized spacial score (nSPS) is 11.3. The molecule has 104 valence electrons. The van der Waals surface area contributed by atoms with E-state index < -0.39 is 11.6 Å². The fourth-order valence-corrected chi connectivity index (χ4v) is 2.28. The molecule has 0 spiro atoms. The second-order valence-electron chi connectivity index (χ2n) is 4.54. The number of hydrogen-bond donors (Lipinski definition) is 0. The van der Waals surface area contributed by atoms with E-state index in [0.29, 0.717) is 11.1 Å². The van der Waals surface area contributed by atoms with E-state index in [9.17, 15) is 9.59 Å². The summed E-state index contributed by atoms with van der Waals surface area (Å²) in [4.78, 5) is 23.0. The van der Waals surface area contributed by atoms with Gasteiger partial charge in [0, 0.05) is 22.9 Å². The van der Waals surface area contributed by atoms with Crippen LogP contribution < -0.4 is 5.63 Å². The predicted octanol–water partition coefficient (Wildman–Crippen LogP) is 3.13. The zero-order valence-corrected chi connectivity index (χ0v) is 11.3. The first kappa shape index (κ1) is 13.1. The van der Waals surface area contributed by atoms with E-state index in [-0.39, 0.29) is 0 Å². The molecule has 0 unspecified atom stereocenters. The number of rotatable bonds is 2. The maximum absolute atomic E-state index is 11.7. The number of carbonyl (C=O) groups is 1. The molecule has 0 amide bonds. The van der Waals surface area contributed by atoms with Crippen LogP contribution in [-0.2, 0) is 9.53 Å². The van der Waals surface area contributed by atoms with Gasteiger partial charge in [0.15, 0.2) is 0 Å². The third-order valence-corrected chi connectivity index (χ3v) is 3.27. The summed E-state index contributed by atoms with van der Waals surface area (Å²) in [5.74, 6) is -0.475. The van der Waals surface area contributed by atoms with Crippen LogP contribution in [0.15, 0.2) is 57.8 Å². The van der Waals surface area contributed by atoms with Gasteiger partial charge in [0.2, 0.25) is 0 Å². The molecule has 1 heterocycles. The molecular weight excluding hydrogens is 268 g/mol. The van der Waals surface area contributed by atoms with Crippen molar-refractivity contribution in [2.75, 3.05) is 7.11 Å². The predicted molar refractivity (Wildman–Crippen MR) is 81.0 cm³/mol. The zero-order chi connectivity index (χ0) is 14.8. The molecule has 0 aliphatic carbocycles. The fraction of sp³-hybridized carbons (Fsp3) is 0.0588. The Kier molecular flexibility index (Phi) is 3.28. The van der Waals surface area contributed by atoms with Crippen LogP contribution in [0.4, 0.5) is 0 Å². The lowest BCUT2D eigenvalue weighted by molar-refractivity contribution is -0.134. The lowest BCUT2D eigenvalue weighted by atomic mass is 10.0. The lowest BCUT2D eigenvalue weighted by Gasteiger charge is -2.04. The molecule has 2 aromatic carbocycles. The van der Waals surface area contributed by atoms with E-state index in [4.69, 9.17) is 4.42 Å². The number of methoxy groups -OCH3 is 1. The van der Waals surface area contributed by atoms with Crippen LogP contribution in [0, 0.1) is 0 Å². The molecule has 0 fully saturated rings. The average Bonchev–Trinajstić information content (AvgIpc) is 2.52. The van der Waals surface area contributed by atoms with Crippen LogP contribution >= 0.6 is 0 Å². The van der Waals surface area contributed by atoms with Gasteiger partial charge in [-0.1, -0.05) is 30.3 Å². The molecule has 4 nitrogen and oxygen atoms in total. The Labute approximate surface area is 120 Å². The van der Waals surface area contributed by atoms with Gasteiger partial charge in [-0.3, -0.25) is 0 Å². The Morgan fingerprint density at radius 2 is 1.95 bits per heavy atom. The third-order valence-electron chi connectivity index (χ3n) is 3.27. The van der Waals surface area contributed by atoms with Gasteiger partial charge in [-0.2, -0.15) is 0 Å². The largest absolute Gasteiger partial charge is 0.466 e. The van der Waals surface area contributed by atoms with Crippen LogP contribution in [-0.4, -0.2) is 13.1 Å². The SMILES string of the molecule is COC(=O)/C=C/c1cc(=O)oc2c1ccc1ccccc12. The summed E-state index contributed by atoms with van der Waals surface area (Å²) in [5, 5.41) is 2.62. The number of hydrogen-bond acceptors (Lipinski definition) is 4. The molecule has 0 bridgehead atoms. The molecule has 0 aliphatic heterocycles. The second kappa shape index (κ2) is 5.25. The summed E-state index contributed by atoms with van der Waals surface area (Å²) >= 11 is 0. The standard InChI is InChI=1S/C17H12O4/c1-20-15(18)9-7-12-10-16(19)21-17-13-5-3-2-4-11(13)6-8-14(12)17/h2-10H,1H3/b9-7+. The molecule has 4 heteroatoms. The van der Waals surface area contributed by atoms with Crippen molar-refractivity contribution in [3.8, 4) is 0 Å². The highest BCUT2D eigenvalue weighted by atomic mass is 16.5. The van der Waals surface area contributed by atoms with E-state index in [1.807, 2.05) is 36.4 Å². The summed E-state index contributed by atoms with van der Waals surface area (Å²) in [6.07, 6.45) is 2.84. The smallest absolute Gasteiger partial charge is 0.336 e. The summed E-state index contributed by atoms with van der Waals surface area (Å²) in [6.45, 7) is 0.